The highest BCUT2D eigenvalue weighted by Crippen LogP contribution is 2.29. The Morgan fingerprint density at radius 2 is 2.26 bits per heavy atom. The van der Waals surface area contributed by atoms with Crippen molar-refractivity contribution in [3.05, 3.63) is 40.7 Å². The molecule has 0 fully saturated rings. The van der Waals surface area contributed by atoms with Gasteiger partial charge in [0.1, 0.15) is 0 Å². The summed E-state index contributed by atoms with van der Waals surface area (Å²) >= 11 is 9.02. The number of hydrogen-bond donors (Lipinski definition) is 2. The Morgan fingerprint density at radius 3 is 2.95 bits per heavy atom. The van der Waals surface area contributed by atoms with Crippen LogP contribution in [0.2, 0.25) is 5.02 Å². The number of thioether (sulfide) groups is 1. The van der Waals surface area contributed by atoms with E-state index in [2.05, 4.69) is 5.32 Å². The summed E-state index contributed by atoms with van der Waals surface area (Å²) in [6.45, 7) is 1.86. The van der Waals surface area contributed by atoms with Gasteiger partial charge in [0.15, 0.2) is 0 Å². The number of rotatable bonds is 4. The maximum Gasteiger partial charge on any atom is 0.237 e. The topological polar surface area (TPSA) is 55.1 Å². The summed E-state index contributed by atoms with van der Waals surface area (Å²) < 4.78 is 1.11. The summed E-state index contributed by atoms with van der Waals surface area (Å²) in [6, 6.07) is 8.97. The molecule has 19 heavy (non-hydrogen) atoms. The lowest BCUT2D eigenvalue weighted by atomic mass is 10.2. The number of benzene rings is 1. The van der Waals surface area contributed by atoms with Crippen molar-refractivity contribution in [3.63, 3.8) is 0 Å². The molecule has 0 aliphatic carbocycles. The van der Waals surface area contributed by atoms with Gasteiger partial charge in [0.25, 0.3) is 0 Å². The molecular weight excluding hydrogens is 300 g/mol. The molecule has 0 bridgehead atoms. The van der Waals surface area contributed by atoms with E-state index in [0.29, 0.717) is 16.4 Å². The van der Waals surface area contributed by atoms with Crippen LogP contribution in [0.25, 0.3) is 0 Å². The molecule has 1 amide bonds. The highest BCUT2D eigenvalue weighted by atomic mass is 35.5. The van der Waals surface area contributed by atoms with Crippen LogP contribution in [0.4, 0.5) is 11.4 Å². The van der Waals surface area contributed by atoms with Gasteiger partial charge < -0.3 is 11.1 Å². The molecule has 0 aliphatic rings. The van der Waals surface area contributed by atoms with Crippen LogP contribution in [0.15, 0.2) is 39.9 Å². The van der Waals surface area contributed by atoms with Crippen molar-refractivity contribution in [1.29, 1.82) is 0 Å². The maximum atomic E-state index is 12.1. The number of thiophene rings is 1. The fourth-order valence-corrected chi connectivity index (χ4v) is 3.54. The molecule has 1 unspecified atom stereocenters. The van der Waals surface area contributed by atoms with Crippen molar-refractivity contribution in [2.24, 2.45) is 0 Å². The molecule has 2 aromatic rings. The molecule has 0 aliphatic heterocycles. The summed E-state index contributed by atoms with van der Waals surface area (Å²) in [7, 11) is 0. The molecule has 100 valence electrons. The number of nitrogen functional groups attached to an aromatic ring is 1. The van der Waals surface area contributed by atoms with Crippen LogP contribution in [0, 0.1) is 0 Å². The van der Waals surface area contributed by atoms with Crippen molar-refractivity contribution >= 4 is 52.0 Å². The van der Waals surface area contributed by atoms with Gasteiger partial charge in [0.05, 0.1) is 20.8 Å². The Labute approximate surface area is 125 Å². The minimum atomic E-state index is -0.197. The second-order valence-corrected chi connectivity index (χ2v) is 6.94. The van der Waals surface area contributed by atoms with Gasteiger partial charge in [0.2, 0.25) is 5.91 Å². The van der Waals surface area contributed by atoms with Gasteiger partial charge in [-0.3, -0.25) is 4.79 Å². The Bertz CT molecular complexity index is 572. The van der Waals surface area contributed by atoms with E-state index in [1.165, 1.54) is 11.8 Å². The lowest BCUT2D eigenvalue weighted by molar-refractivity contribution is -0.115. The Morgan fingerprint density at radius 1 is 1.47 bits per heavy atom. The first kappa shape index (κ1) is 14.2. The smallest absolute Gasteiger partial charge is 0.237 e. The van der Waals surface area contributed by atoms with E-state index in [1.54, 1.807) is 29.5 Å². The van der Waals surface area contributed by atoms with Gasteiger partial charge in [0, 0.05) is 5.02 Å². The van der Waals surface area contributed by atoms with Crippen molar-refractivity contribution in [2.45, 2.75) is 16.4 Å². The predicted octanol–water partition coefficient (Wildman–Crippen LogP) is 4.10. The predicted molar refractivity (Wildman–Crippen MR) is 84.1 cm³/mol. The average Bonchev–Trinajstić information content (AvgIpc) is 2.86. The van der Waals surface area contributed by atoms with Crippen LogP contribution < -0.4 is 11.1 Å². The van der Waals surface area contributed by atoms with E-state index in [4.69, 9.17) is 17.3 Å². The summed E-state index contributed by atoms with van der Waals surface area (Å²) in [5, 5.41) is 5.13. The SMILES string of the molecule is CC(Sc1cccs1)C(=O)Nc1cc(Cl)ccc1N. The van der Waals surface area contributed by atoms with Crippen molar-refractivity contribution < 1.29 is 4.79 Å². The molecule has 1 aromatic carbocycles. The Balaban J connectivity index is 2.02. The first-order chi connectivity index (χ1) is 9.06. The van der Waals surface area contributed by atoms with Crippen LogP contribution in [0.5, 0.6) is 0 Å². The fourth-order valence-electron chi connectivity index (χ4n) is 1.43. The van der Waals surface area contributed by atoms with Crippen molar-refractivity contribution in [3.8, 4) is 0 Å². The second kappa shape index (κ2) is 6.32. The number of amides is 1. The van der Waals surface area contributed by atoms with Crippen LogP contribution >= 0.6 is 34.7 Å². The molecule has 0 radical (unpaired) electrons. The zero-order valence-electron chi connectivity index (χ0n) is 10.2. The molecule has 3 nitrogen and oxygen atoms in total. The minimum absolute atomic E-state index is 0.0904. The normalized spacial score (nSPS) is 12.1. The largest absolute Gasteiger partial charge is 0.397 e. The van der Waals surface area contributed by atoms with Gasteiger partial charge in [-0.05, 0) is 36.6 Å². The van der Waals surface area contributed by atoms with E-state index in [1.807, 2.05) is 24.4 Å². The average molecular weight is 313 g/mol. The number of nitrogens with two attached hydrogens (primary N) is 1. The summed E-state index contributed by atoms with van der Waals surface area (Å²) in [4.78, 5) is 12.1. The number of hydrogen-bond acceptors (Lipinski definition) is 4. The maximum absolute atomic E-state index is 12.1. The summed E-state index contributed by atoms with van der Waals surface area (Å²) in [5.41, 5.74) is 6.85. The third kappa shape index (κ3) is 3.89. The monoisotopic (exact) mass is 312 g/mol. The lowest BCUT2D eigenvalue weighted by Crippen LogP contribution is -2.22. The van der Waals surface area contributed by atoms with E-state index >= 15 is 0 Å². The molecule has 2 rings (SSSR count). The van der Waals surface area contributed by atoms with Gasteiger partial charge in [-0.2, -0.15) is 0 Å². The zero-order valence-corrected chi connectivity index (χ0v) is 12.6. The standard InChI is InChI=1S/C13H13ClN2OS2/c1-8(19-12-3-2-6-18-12)13(17)16-11-7-9(14)4-5-10(11)15/h2-8H,15H2,1H3,(H,16,17). The molecule has 0 spiro atoms. The number of halogens is 1. The first-order valence-corrected chi connectivity index (χ1v) is 7.76. The van der Waals surface area contributed by atoms with Crippen LogP contribution in [-0.4, -0.2) is 11.2 Å². The van der Waals surface area contributed by atoms with Gasteiger partial charge in [-0.15, -0.1) is 23.1 Å². The Hall–Kier alpha value is -1.17. The van der Waals surface area contributed by atoms with Gasteiger partial charge in [-0.1, -0.05) is 17.7 Å². The van der Waals surface area contributed by atoms with E-state index in [-0.39, 0.29) is 11.2 Å². The Kier molecular flexibility index (Phi) is 4.74. The third-order valence-electron chi connectivity index (χ3n) is 2.43. The van der Waals surface area contributed by atoms with E-state index < -0.39 is 0 Å². The van der Waals surface area contributed by atoms with Gasteiger partial charge in [-0.25, -0.2) is 0 Å². The second-order valence-electron chi connectivity index (χ2n) is 3.91. The van der Waals surface area contributed by atoms with Crippen LogP contribution in [0.1, 0.15) is 6.92 Å². The van der Waals surface area contributed by atoms with Gasteiger partial charge >= 0.3 is 0 Å². The fraction of sp³-hybridized carbons (Fsp3) is 0.154. The molecule has 1 atom stereocenters. The molecule has 1 heterocycles. The number of carbonyl (C=O) groups excluding carboxylic acids is 1. The van der Waals surface area contributed by atoms with Crippen LogP contribution in [0.3, 0.4) is 0 Å². The minimum Gasteiger partial charge on any atom is -0.397 e. The first-order valence-electron chi connectivity index (χ1n) is 5.62. The summed E-state index contributed by atoms with van der Waals surface area (Å²) in [5.74, 6) is -0.0904. The van der Waals surface area contributed by atoms with Crippen LogP contribution in [-0.2, 0) is 4.79 Å². The number of nitrogens with one attached hydrogen (secondary N) is 1. The zero-order chi connectivity index (χ0) is 13.8. The van der Waals surface area contributed by atoms with E-state index in [9.17, 15) is 4.79 Å². The molecule has 1 aromatic heterocycles. The lowest BCUT2D eigenvalue weighted by Gasteiger charge is -2.12. The van der Waals surface area contributed by atoms with E-state index in [0.717, 1.165) is 4.21 Å². The number of carbonyl (C=O) groups is 1. The van der Waals surface area contributed by atoms with Crippen molar-refractivity contribution in [2.75, 3.05) is 11.1 Å². The quantitative estimate of drug-likeness (QED) is 0.660. The number of anilines is 2. The molecule has 6 heteroatoms. The molecular formula is C13H13ClN2OS2. The third-order valence-corrected chi connectivity index (χ3v) is 4.84. The van der Waals surface area contributed by atoms with Crippen molar-refractivity contribution in [1.82, 2.24) is 0 Å². The molecule has 0 saturated heterocycles. The molecule has 3 N–H and O–H groups in total. The highest BCUT2D eigenvalue weighted by molar-refractivity contribution is 8.02. The highest BCUT2D eigenvalue weighted by Gasteiger charge is 2.16. The summed E-state index contributed by atoms with van der Waals surface area (Å²) in [6.07, 6.45) is 0. The molecule has 0 saturated carbocycles.